The Hall–Kier alpha value is -1.07. The van der Waals surface area contributed by atoms with Crippen molar-refractivity contribution in [1.82, 2.24) is 5.32 Å². The van der Waals surface area contributed by atoms with Gasteiger partial charge in [0.25, 0.3) is 0 Å². The summed E-state index contributed by atoms with van der Waals surface area (Å²) in [7, 11) is 0. The van der Waals surface area contributed by atoms with Crippen LogP contribution >= 0.6 is 0 Å². The van der Waals surface area contributed by atoms with E-state index in [0.717, 1.165) is 5.56 Å². The molecular weight excluding hydrogens is 241 g/mol. The molecule has 2 unspecified atom stereocenters. The molecule has 5 heteroatoms. The van der Waals surface area contributed by atoms with E-state index in [4.69, 9.17) is 5.73 Å². The molecule has 0 fully saturated rings. The molecule has 18 heavy (non-hydrogen) atoms. The first-order chi connectivity index (χ1) is 8.38. The highest BCUT2D eigenvalue weighted by Crippen LogP contribution is 2.21. The predicted octanol–water partition coefficient (Wildman–Crippen LogP) is 3.01. The molecule has 0 saturated heterocycles. The predicted molar refractivity (Wildman–Crippen MR) is 66.1 cm³/mol. The molecule has 0 spiro atoms. The third-order valence-electron chi connectivity index (χ3n) is 2.71. The van der Waals surface area contributed by atoms with Crippen LogP contribution in [0.1, 0.15) is 31.4 Å². The summed E-state index contributed by atoms with van der Waals surface area (Å²) in [4.78, 5) is 0. The molecule has 0 aliphatic heterocycles. The lowest BCUT2D eigenvalue weighted by Gasteiger charge is -2.17. The Balaban J connectivity index is 2.26. The Bertz CT molecular complexity index is 338. The summed E-state index contributed by atoms with van der Waals surface area (Å²) in [5, 5.41) is 2.84. The molecule has 0 amide bonds. The van der Waals surface area contributed by atoms with Crippen molar-refractivity contribution in [3.8, 4) is 0 Å². The van der Waals surface area contributed by atoms with Gasteiger partial charge in [0.05, 0.1) is 6.42 Å². The Morgan fingerprint density at radius 2 is 1.83 bits per heavy atom. The highest BCUT2D eigenvalue weighted by Gasteiger charge is 2.29. The van der Waals surface area contributed by atoms with Crippen LogP contribution in [0.25, 0.3) is 0 Å². The molecule has 0 aliphatic carbocycles. The van der Waals surface area contributed by atoms with Crippen LogP contribution in [0.3, 0.4) is 0 Å². The molecule has 102 valence electrons. The van der Waals surface area contributed by atoms with Crippen LogP contribution in [-0.2, 0) is 0 Å². The van der Waals surface area contributed by atoms with E-state index in [2.05, 4.69) is 5.32 Å². The lowest BCUT2D eigenvalue weighted by molar-refractivity contribution is -0.139. The molecule has 2 nitrogen and oxygen atoms in total. The molecule has 1 rings (SSSR count). The van der Waals surface area contributed by atoms with Crippen LogP contribution in [0, 0.1) is 0 Å². The summed E-state index contributed by atoms with van der Waals surface area (Å²) >= 11 is 0. The highest BCUT2D eigenvalue weighted by molar-refractivity contribution is 5.18. The van der Waals surface area contributed by atoms with Crippen LogP contribution in [0.15, 0.2) is 30.3 Å². The Kier molecular flexibility index (Phi) is 5.62. The largest absolute Gasteiger partial charge is 0.390 e. The summed E-state index contributed by atoms with van der Waals surface area (Å²) in [5.74, 6) is 0. The summed E-state index contributed by atoms with van der Waals surface area (Å²) in [6, 6.07) is 8.82. The van der Waals surface area contributed by atoms with Gasteiger partial charge in [-0.2, -0.15) is 13.2 Å². The topological polar surface area (TPSA) is 38.0 Å². The van der Waals surface area contributed by atoms with Gasteiger partial charge in [-0.05, 0) is 25.5 Å². The Morgan fingerprint density at radius 1 is 1.22 bits per heavy atom. The standard InChI is InChI=1S/C13H19F3N2/c1-10(9-13(14,15)16)18-8-7-12(17)11-5-3-2-4-6-11/h2-6,10,12,18H,7-9,17H2,1H3. The number of alkyl halides is 3. The zero-order valence-electron chi connectivity index (χ0n) is 10.4. The average Bonchev–Trinajstić information content (AvgIpc) is 2.27. The SMILES string of the molecule is CC(CC(F)(F)F)NCCC(N)c1ccccc1. The summed E-state index contributed by atoms with van der Waals surface area (Å²) in [6.07, 6.45) is -4.31. The van der Waals surface area contributed by atoms with Gasteiger partial charge >= 0.3 is 6.18 Å². The van der Waals surface area contributed by atoms with Crippen LogP contribution < -0.4 is 11.1 Å². The number of rotatable bonds is 6. The Labute approximate surface area is 105 Å². The van der Waals surface area contributed by atoms with E-state index in [1.807, 2.05) is 30.3 Å². The van der Waals surface area contributed by atoms with E-state index < -0.39 is 18.6 Å². The number of hydrogen-bond donors (Lipinski definition) is 2. The van der Waals surface area contributed by atoms with Crippen molar-refractivity contribution in [2.75, 3.05) is 6.54 Å². The molecule has 0 radical (unpaired) electrons. The van der Waals surface area contributed by atoms with E-state index in [9.17, 15) is 13.2 Å². The number of hydrogen-bond acceptors (Lipinski definition) is 2. The van der Waals surface area contributed by atoms with Crippen molar-refractivity contribution < 1.29 is 13.2 Å². The maximum atomic E-state index is 12.1. The fraction of sp³-hybridized carbons (Fsp3) is 0.538. The van der Waals surface area contributed by atoms with Gasteiger partial charge in [-0.1, -0.05) is 30.3 Å². The molecule has 1 aromatic carbocycles. The summed E-state index contributed by atoms with van der Waals surface area (Å²) in [6.45, 7) is 2.01. The minimum absolute atomic E-state index is 0.142. The third kappa shape index (κ3) is 6.02. The van der Waals surface area contributed by atoms with Gasteiger partial charge in [0.15, 0.2) is 0 Å². The summed E-state index contributed by atoms with van der Waals surface area (Å²) in [5.41, 5.74) is 6.95. The molecule has 2 atom stereocenters. The maximum absolute atomic E-state index is 12.1. The number of benzene rings is 1. The van der Waals surface area contributed by atoms with Gasteiger partial charge in [0.1, 0.15) is 0 Å². The second kappa shape index (κ2) is 6.75. The van der Waals surface area contributed by atoms with Crippen LogP contribution in [-0.4, -0.2) is 18.8 Å². The zero-order chi connectivity index (χ0) is 13.6. The van der Waals surface area contributed by atoms with E-state index >= 15 is 0 Å². The van der Waals surface area contributed by atoms with Crippen LogP contribution in [0.5, 0.6) is 0 Å². The molecular formula is C13H19F3N2. The molecule has 3 N–H and O–H groups in total. The molecule has 0 bridgehead atoms. The van der Waals surface area contributed by atoms with E-state index in [1.165, 1.54) is 6.92 Å². The van der Waals surface area contributed by atoms with Crippen molar-refractivity contribution >= 4 is 0 Å². The van der Waals surface area contributed by atoms with Gasteiger partial charge in [0, 0.05) is 12.1 Å². The molecule has 0 aromatic heterocycles. The zero-order valence-corrected chi connectivity index (χ0v) is 10.4. The molecule has 1 aromatic rings. The first kappa shape index (κ1) is 15.0. The highest BCUT2D eigenvalue weighted by atomic mass is 19.4. The minimum atomic E-state index is -4.12. The third-order valence-corrected chi connectivity index (χ3v) is 2.71. The molecule has 0 aliphatic rings. The second-order valence-electron chi connectivity index (χ2n) is 4.48. The fourth-order valence-corrected chi connectivity index (χ4v) is 1.77. The number of halogens is 3. The summed E-state index contributed by atoms with van der Waals surface area (Å²) < 4.78 is 36.3. The van der Waals surface area contributed by atoms with Crippen molar-refractivity contribution in [3.63, 3.8) is 0 Å². The quantitative estimate of drug-likeness (QED) is 0.825. The van der Waals surface area contributed by atoms with Crippen molar-refractivity contribution in [2.45, 2.75) is 38.0 Å². The second-order valence-corrected chi connectivity index (χ2v) is 4.48. The van der Waals surface area contributed by atoms with Gasteiger partial charge in [-0.25, -0.2) is 0 Å². The van der Waals surface area contributed by atoms with Crippen LogP contribution in [0.2, 0.25) is 0 Å². The minimum Gasteiger partial charge on any atom is -0.324 e. The maximum Gasteiger partial charge on any atom is 0.390 e. The Morgan fingerprint density at radius 3 is 2.39 bits per heavy atom. The average molecular weight is 260 g/mol. The van der Waals surface area contributed by atoms with Crippen molar-refractivity contribution in [2.24, 2.45) is 5.73 Å². The van der Waals surface area contributed by atoms with E-state index in [-0.39, 0.29) is 6.04 Å². The van der Waals surface area contributed by atoms with Crippen LogP contribution in [0.4, 0.5) is 13.2 Å². The van der Waals surface area contributed by atoms with Crippen molar-refractivity contribution in [1.29, 1.82) is 0 Å². The van der Waals surface area contributed by atoms with E-state index in [1.54, 1.807) is 0 Å². The van der Waals surface area contributed by atoms with E-state index in [0.29, 0.717) is 13.0 Å². The molecule has 0 heterocycles. The lowest BCUT2D eigenvalue weighted by atomic mass is 10.0. The number of nitrogens with two attached hydrogens (primary N) is 1. The van der Waals surface area contributed by atoms with Crippen molar-refractivity contribution in [3.05, 3.63) is 35.9 Å². The van der Waals surface area contributed by atoms with Gasteiger partial charge in [-0.3, -0.25) is 0 Å². The lowest BCUT2D eigenvalue weighted by Crippen LogP contribution is -2.33. The smallest absolute Gasteiger partial charge is 0.324 e. The molecule has 0 saturated carbocycles. The van der Waals surface area contributed by atoms with Gasteiger partial charge in [0.2, 0.25) is 0 Å². The van der Waals surface area contributed by atoms with Gasteiger partial charge in [-0.15, -0.1) is 0 Å². The first-order valence-electron chi connectivity index (χ1n) is 5.99. The fourth-order valence-electron chi connectivity index (χ4n) is 1.77. The first-order valence-corrected chi connectivity index (χ1v) is 5.99. The monoisotopic (exact) mass is 260 g/mol. The normalized spacial score (nSPS) is 15.4. The van der Waals surface area contributed by atoms with Gasteiger partial charge < -0.3 is 11.1 Å². The number of nitrogens with one attached hydrogen (secondary N) is 1.